The zero-order valence-corrected chi connectivity index (χ0v) is 27.9. The van der Waals surface area contributed by atoms with Gasteiger partial charge in [0, 0.05) is 6.42 Å². The summed E-state index contributed by atoms with van der Waals surface area (Å²) in [6.07, 6.45) is 48.5. The number of carbonyl (C=O) groups is 1. The second-order valence-corrected chi connectivity index (χ2v) is 11.6. The summed E-state index contributed by atoms with van der Waals surface area (Å²) in [6.45, 7) is 4.11. The number of nitrogens with one attached hydrogen (secondary N) is 1. The minimum absolute atomic E-state index is 0.0546. The van der Waals surface area contributed by atoms with Crippen LogP contribution in [0.3, 0.4) is 0 Å². The Morgan fingerprint density at radius 1 is 0.581 bits per heavy atom. The number of hydrogen-bond acceptors (Lipinski definition) is 3. The summed E-state index contributed by atoms with van der Waals surface area (Å²) >= 11 is 0. The number of unbranched alkanes of at least 4 members (excludes halogenated alkanes) is 11. The van der Waals surface area contributed by atoms with Gasteiger partial charge in [-0.2, -0.15) is 0 Å². The van der Waals surface area contributed by atoms with Crippen LogP contribution in [0.25, 0.3) is 0 Å². The van der Waals surface area contributed by atoms with E-state index in [4.69, 9.17) is 0 Å². The standard InChI is InChI=1S/C39H67NO3/c1-3-5-7-9-10-11-12-13-14-15-16-17-18-19-20-21-22-23-24-25-26-27-28-29-30-31-33-35-39(43)40-37(36-41)38(42)34-32-8-6-4-2/h5,7,10-11,13-14,16-17,19-20,22-23,37-38,41-42H,3-4,6,8-9,12,15,18,21,24-36H2,1-2H3,(H,40,43)/b7-5-,11-10-,14-13-,17-16-,20-19-,23-22-. The molecule has 0 fully saturated rings. The lowest BCUT2D eigenvalue weighted by Gasteiger charge is -2.22. The van der Waals surface area contributed by atoms with Crippen LogP contribution in [0.4, 0.5) is 0 Å². The van der Waals surface area contributed by atoms with Gasteiger partial charge in [0.05, 0.1) is 18.8 Å². The molecule has 2 unspecified atom stereocenters. The molecule has 0 bridgehead atoms. The second-order valence-electron chi connectivity index (χ2n) is 11.6. The van der Waals surface area contributed by atoms with E-state index < -0.39 is 12.1 Å². The fourth-order valence-electron chi connectivity index (χ4n) is 4.77. The van der Waals surface area contributed by atoms with Crippen LogP contribution in [0, 0.1) is 0 Å². The average Bonchev–Trinajstić information content (AvgIpc) is 3.01. The van der Waals surface area contributed by atoms with Gasteiger partial charge in [-0.3, -0.25) is 4.79 Å². The molecular formula is C39H67NO3. The van der Waals surface area contributed by atoms with E-state index in [0.717, 1.165) is 77.0 Å². The van der Waals surface area contributed by atoms with Crippen LogP contribution in [0.5, 0.6) is 0 Å². The molecule has 0 spiro atoms. The highest BCUT2D eigenvalue weighted by Crippen LogP contribution is 2.12. The van der Waals surface area contributed by atoms with Crippen LogP contribution in [-0.4, -0.2) is 34.9 Å². The van der Waals surface area contributed by atoms with E-state index >= 15 is 0 Å². The third-order valence-electron chi connectivity index (χ3n) is 7.48. The number of carbonyl (C=O) groups excluding carboxylic acids is 1. The maximum Gasteiger partial charge on any atom is 0.220 e. The molecule has 0 saturated heterocycles. The summed E-state index contributed by atoms with van der Waals surface area (Å²) in [5.41, 5.74) is 0. The molecule has 4 nitrogen and oxygen atoms in total. The van der Waals surface area contributed by atoms with Gasteiger partial charge in [-0.05, 0) is 64.2 Å². The van der Waals surface area contributed by atoms with E-state index in [2.05, 4.69) is 92.1 Å². The van der Waals surface area contributed by atoms with Gasteiger partial charge >= 0.3 is 0 Å². The highest BCUT2D eigenvalue weighted by atomic mass is 16.3. The van der Waals surface area contributed by atoms with E-state index in [9.17, 15) is 15.0 Å². The van der Waals surface area contributed by atoms with Crippen molar-refractivity contribution in [3.05, 3.63) is 72.9 Å². The number of aliphatic hydroxyl groups excluding tert-OH is 2. The maximum atomic E-state index is 12.2. The highest BCUT2D eigenvalue weighted by Gasteiger charge is 2.19. The first-order valence-corrected chi connectivity index (χ1v) is 17.6. The number of aliphatic hydroxyl groups is 2. The van der Waals surface area contributed by atoms with Crippen LogP contribution in [0.1, 0.15) is 149 Å². The Morgan fingerprint density at radius 3 is 1.51 bits per heavy atom. The van der Waals surface area contributed by atoms with Gasteiger partial charge in [0.25, 0.3) is 0 Å². The molecule has 0 aliphatic rings. The monoisotopic (exact) mass is 598 g/mol. The quantitative estimate of drug-likeness (QED) is 0.0570. The summed E-state index contributed by atoms with van der Waals surface area (Å²) in [5, 5.41) is 22.6. The van der Waals surface area contributed by atoms with Crippen LogP contribution in [-0.2, 0) is 4.79 Å². The van der Waals surface area contributed by atoms with Crippen LogP contribution in [0.2, 0.25) is 0 Å². The molecule has 0 saturated carbocycles. The first-order valence-electron chi connectivity index (χ1n) is 17.6. The summed E-state index contributed by atoms with van der Waals surface area (Å²) in [6, 6.07) is -0.540. The Bertz CT molecular complexity index is 777. The molecule has 246 valence electrons. The van der Waals surface area contributed by atoms with Crippen molar-refractivity contribution in [3.8, 4) is 0 Å². The van der Waals surface area contributed by atoms with Crippen molar-refractivity contribution in [2.24, 2.45) is 0 Å². The molecule has 0 heterocycles. The fourth-order valence-corrected chi connectivity index (χ4v) is 4.77. The summed E-state index contributed by atoms with van der Waals surface area (Å²) in [4.78, 5) is 12.2. The SMILES string of the molecule is CC/C=C\C/C=C\C/C=C\C/C=C\C/C=C\C/C=C\CCCCCCCCCCC(=O)NC(CO)C(O)CCCCCC. The minimum Gasteiger partial charge on any atom is -0.394 e. The van der Waals surface area contributed by atoms with E-state index in [1.807, 2.05) is 0 Å². The van der Waals surface area contributed by atoms with Gasteiger partial charge in [-0.15, -0.1) is 0 Å². The van der Waals surface area contributed by atoms with Gasteiger partial charge in [-0.25, -0.2) is 0 Å². The van der Waals surface area contributed by atoms with Crippen LogP contribution < -0.4 is 5.32 Å². The molecule has 0 aliphatic carbocycles. The third-order valence-corrected chi connectivity index (χ3v) is 7.48. The van der Waals surface area contributed by atoms with Crippen molar-refractivity contribution in [1.82, 2.24) is 5.32 Å². The smallest absolute Gasteiger partial charge is 0.220 e. The molecule has 0 aromatic carbocycles. The topological polar surface area (TPSA) is 69.6 Å². The molecular weight excluding hydrogens is 530 g/mol. The Kier molecular flexibility index (Phi) is 32.6. The summed E-state index contributed by atoms with van der Waals surface area (Å²) < 4.78 is 0. The molecule has 1 amide bonds. The molecule has 0 aromatic heterocycles. The zero-order chi connectivity index (χ0) is 31.5. The fraction of sp³-hybridized carbons (Fsp3) is 0.667. The van der Waals surface area contributed by atoms with Crippen LogP contribution in [0.15, 0.2) is 72.9 Å². The van der Waals surface area contributed by atoms with Crippen molar-refractivity contribution < 1.29 is 15.0 Å². The average molecular weight is 598 g/mol. The number of amides is 1. The Balaban J connectivity index is 3.56. The lowest BCUT2D eigenvalue weighted by Crippen LogP contribution is -2.45. The maximum absolute atomic E-state index is 12.2. The Morgan fingerprint density at radius 2 is 1.02 bits per heavy atom. The minimum atomic E-state index is -0.662. The van der Waals surface area contributed by atoms with Crippen molar-refractivity contribution in [1.29, 1.82) is 0 Å². The van der Waals surface area contributed by atoms with Crippen molar-refractivity contribution in [2.75, 3.05) is 6.61 Å². The van der Waals surface area contributed by atoms with Gasteiger partial charge in [-0.1, -0.05) is 151 Å². The number of allylic oxidation sites excluding steroid dienone is 12. The molecule has 0 aliphatic heterocycles. The van der Waals surface area contributed by atoms with Crippen LogP contribution >= 0.6 is 0 Å². The molecule has 4 heteroatoms. The molecule has 0 rings (SSSR count). The van der Waals surface area contributed by atoms with E-state index in [1.165, 1.54) is 44.9 Å². The normalized spacial score (nSPS) is 14.0. The molecule has 43 heavy (non-hydrogen) atoms. The number of hydrogen-bond donors (Lipinski definition) is 3. The van der Waals surface area contributed by atoms with E-state index in [0.29, 0.717) is 12.8 Å². The lowest BCUT2D eigenvalue weighted by molar-refractivity contribution is -0.123. The molecule has 2 atom stereocenters. The Labute approximate surface area is 266 Å². The Hall–Kier alpha value is -2.17. The van der Waals surface area contributed by atoms with Gasteiger partial charge < -0.3 is 15.5 Å². The lowest BCUT2D eigenvalue weighted by atomic mass is 10.0. The molecule has 3 N–H and O–H groups in total. The van der Waals surface area contributed by atoms with Gasteiger partial charge in [0.2, 0.25) is 5.91 Å². The van der Waals surface area contributed by atoms with Gasteiger partial charge in [0.1, 0.15) is 0 Å². The van der Waals surface area contributed by atoms with Crippen molar-refractivity contribution >= 4 is 5.91 Å². The zero-order valence-electron chi connectivity index (χ0n) is 27.9. The van der Waals surface area contributed by atoms with E-state index in [1.54, 1.807) is 0 Å². The van der Waals surface area contributed by atoms with E-state index in [-0.39, 0.29) is 12.5 Å². The number of rotatable bonds is 30. The second kappa shape index (κ2) is 34.3. The summed E-state index contributed by atoms with van der Waals surface area (Å²) in [7, 11) is 0. The predicted octanol–water partition coefficient (Wildman–Crippen LogP) is 10.4. The summed E-state index contributed by atoms with van der Waals surface area (Å²) in [5.74, 6) is -0.0546. The van der Waals surface area contributed by atoms with Gasteiger partial charge in [0.15, 0.2) is 0 Å². The van der Waals surface area contributed by atoms with Crippen molar-refractivity contribution in [2.45, 2.75) is 161 Å². The highest BCUT2D eigenvalue weighted by molar-refractivity contribution is 5.76. The predicted molar refractivity (Wildman–Crippen MR) is 188 cm³/mol. The largest absolute Gasteiger partial charge is 0.394 e. The van der Waals surface area contributed by atoms with Crippen molar-refractivity contribution in [3.63, 3.8) is 0 Å². The first kappa shape index (κ1) is 40.8. The first-order chi connectivity index (χ1) is 21.2. The molecule has 0 aromatic rings. The third kappa shape index (κ3) is 31.1. The molecule has 0 radical (unpaired) electrons.